The SMILES string of the molecule is O=C(c1ccc(Cl)cc1)N1CCCC[C@@H](Sc2nc3ccccc3o2)C1=O. The number of carbonyl (C=O) groups is 2. The third kappa shape index (κ3) is 3.87. The molecule has 2 heterocycles. The summed E-state index contributed by atoms with van der Waals surface area (Å²) < 4.78 is 5.73. The number of amides is 2. The maximum atomic E-state index is 13.0. The molecule has 4 rings (SSSR count). The molecule has 0 spiro atoms. The Morgan fingerprint density at radius 2 is 1.93 bits per heavy atom. The van der Waals surface area contributed by atoms with Crippen LogP contribution in [0.5, 0.6) is 0 Å². The first-order valence-electron chi connectivity index (χ1n) is 8.75. The number of carbonyl (C=O) groups excluding carboxylic acids is 2. The van der Waals surface area contributed by atoms with Gasteiger partial charge in [0.1, 0.15) is 5.52 Å². The molecule has 2 aromatic carbocycles. The molecular formula is C20H17ClN2O3S. The van der Waals surface area contributed by atoms with Crippen LogP contribution in [0.3, 0.4) is 0 Å². The van der Waals surface area contributed by atoms with Crippen molar-refractivity contribution in [2.75, 3.05) is 6.54 Å². The van der Waals surface area contributed by atoms with E-state index in [1.54, 1.807) is 24.3 Å². The number of fused-ring (bicyclic) bond motifs is 1. The third-order valence-electron chi connectivity index (χ3n) is 4.49. The van der Waals surface area contributed by atoms with Crippen molar-refractivity contribution in [1.29, 1.82) is 0 Å². The Morgan fingerprint density at radius 3 is 2.70 bits per heavy atom. The summed E-state index contributed by atoms with van der Waals surface area (Å²) in [6.45, 7) is 0.422. The van der Waals surface area contributed by atoms with Crippen LogP contribution in [0.1, 0.15) is 29.6 Å². The fourth-order valence-electron chi connectivity index (χ4n) is 3.09. The van der Waals surface area contributed by atoms with Gasteiger partial charge in [-0.3, -0.25) is 14.5 Å². The molecular weight excluding hydrogens is 384 g/mol. The van der Waals surface area contributed by atoms with E-state index in [9.17, 15) is 9.59 Å². The van der Waals surface area contributed by atoms with Crippen LogP contribution in [0.15, 0.2) is 58.2 Å². The largest absolute Gasteiger partial charge is 0.431 e. The summed E-state index contributed by atoms with van der Waals surface area (Å²) in [5.41, 5.74) is 1.91. The van der Waals surface area contributed by atoms with Crippen LogP contribution < -0.4 is 0 Å². The Balaban J connectivity index is 1.55. The predicted octanol–water partition coefficient (Wildman–Crippen LogP) is 4.79. The third-order valence-corrected chi connectivity index (χ3v) is 5.84. The van der Waals surface area contributed by atoms with Gasteiger partial charge in [-0.2, -0.15) is 0 Å². The average molecular weight is 401 g/mol. The van der Waals surface area contributed by atoms with Crippen LogP contribution in [0.25, 0.3) is 11.1 Å². The van der Waals surface area contributed by atoms with Crippen LogP contribution in [0.2, 0.25) is 5.02 Å². The lowest BCUT2D eigenvalue weighted by Gasteiger charge is -2.21. The van der Waals surface area contributed by atoms with Gasteiger partial charge >= 0.3 is 0 Å². The lowest BCUT2D eigenvalue weighted by atomic mass is 10.2. The average Bonchev–Trinajstić information content (AvgIpc) is 3.00. The van der Waals surface area contributed by atoms with Gasteiger partial charge in [-0.15, -0.1) is 0 Å². The fraction of sp³-hybridized carbons (Fsp3) is 0.250. The van der Waals surface area contributed by atoms with Crippen molar-refractivity contribution in [3.05, 3.63) is 59.1 Å². The summed E-state index contributed by atoms with van der Waals surface area (Å²) in [6, 6.07) is 14.1. The number of oxazole rings is 1. The Labute approximate surface area is 165 Å². The molecule has 0 aliphatic carbocycles. The van der Waals surface area contributed by atoms with Crippen LogP contribution in [-0.4, -0.2) is 33.5 Å². The molecule has 7 heteroatoms. The Bertz CT molecular complexity index is 953. The van der Waals surface area contributed by atoms with Gasteiger partial charge in [-0.25, -0.2) is 4.98 Å². The standard InChI is InChI=1S/C20H17ClN2O3S/c21-14-10-8-13(9-11-14)18(24)23-12-4-3-7-17(19(23)25)27-20-22-15-5-1-2-6-16(15)26-20/h1-2,5-6,8-11,17H,3-4,7,12H2/t17-/m1/s1. The molecule has 0 saturated carbocycles. The molecule has 0 bridgehead atoms. The number of aromatic nitrogens is 1. The van der Waals surface area contributed by atoms with Crippen molar-refractivity contribution < 1.29 is 14.0 Å². The van der Waals surface area contributed by atoms with E-state index in [0.717, 1.165) is 18.4 Å². The fourth-order valence-corrected chi connectivity index (χ4v) is 4.26. The van der Waals surface area contributed by atoms with Crippen molar-refractivity contribution in [3.8, 4) is 0 Å². The number of hydrogen-bond donors (Lipinski definition) is 0. The molecule has 3 aromatic rings. The summed E-state index contributed by atoms with van der Waals surface area (Å²) in [7, 11) is 0. The van der Waals surface area contributed by atoms with E-state index in [2.05, 4.69) is 4.98 Å². The van der Waals surface area contributed by atoms with Crippen LogP contribution in [-0.2, 0) is 4.79 Å². The minimum atomic E-state index is -0.392. The Kier molecular flexibility index (Phi) is 5.18. The molecule has 1 aliphatic heterocycles. The highest BCUT2D eigenvalue weighted by molar-refractivity contribution is 8.00. The predicted molar refractivity (Wildman–Crippen MR) is 105 cm³/mol. The number of para-hydroxylation sites is 2. The molecule has 27 heavy (non-hydrogen) atoms. The highest BCUT2D eigenvalue weighted by atomic mass is 35.5. The number of rotatable bonds is 3. The van der Waals surface area contributed by atoms with Gasteiger partial charge in [0.2, 0.25) is 5.91 Å². The summed E-state index contributed by atoms with van der Waals surface area (Å²) in [4.78, 5) is 31.6. The Hall–Kier alpha value is -2.31. The molecule has 0 unspecified atom stereocenters. The summed E-state index contributed by atoms with van der Waals surface area (Å²) in [5, 5.41) is 0.616. The highest BCUT2D eigenvalue weighted by Gasteiger charge is 2.33. The Morgan fingerprint density at radius 1 is 1.15 bits per heavy atom. The smallest absolute Gasteiger partial charge is 0.260 e. The zero-order chi connectivity index (χ0) is 18.8. The van der Waals surface area contributed by atoms with Gasteiger partial charge in [-0.05, 0) is 49.2 Å². The molecule has 138 valence electrons. The summed E-state index contributed by atoms with van der Waals surface area (Å²) >= 11 is 7.18. The first-order valence-corrected chi connectivity index (χ1v) is 10.0. The number of imide groups is 1. The van der Waals surface area contributed by atoms with Gasteiger partial charge in [0, 0.05) is 17.1 Å². The quantitative estimate of drug-likeness (QED) is 0.591. The number of likely N-dealkylation sites (tertiary alicyclic amines) is 1. The number of benzene rings is 2. The number of thioether (sulfide) groups is 1. The van der Waals surface area contributed by atoms with Crippen molar-refractivity contribution >= 4 is 46.3 Å². The van der Waals surface area contributed by atoms with E-state index in [4.69, 9.17) is 16.0 Å². The van der Waals surface area contributed by atoms with Gasteiger partial charge < -0.3 is 4.42 Å². The molecule has 0 N–H and O–H groups in total. The van der Waals surface area contributed by atoms with E-state index in [-0.39, 0.29) is 11.8 Å². The van der Waals surface area contributed by atoms with Gasteiger partial charge in [0.15, 0.2) is 5.58 Å². The van der Waals surface area contributed by atoms with E-state index in [1.807, 2.05) is 24.3 Å². The first kappa shape index (κ1) is 18.1. The van der Waals surface area contributed by atoms with E-state index in [1.165, 1.54) is 16.7 Å². The number of hydrogen-bond acceptors (Lipinski definition) is 5. The topological polar surface area (TPSA) is 63.4 Å². The zero-order valence-corrected chi connectivity index (χ0v) is 16.0. The van der Waals surface area contributed by atoms with Crippen molar-refractivity contribution in [1.82, 2.24) is 9.88 Å². The van der Waals surface area contributed by atoms with Gasteiger partial charge in [0.05, 0.1) is 5.25 Å². The maximum Gasteiger partial charge on any atom is 0.260 e. The monoisotopic (exact) mass is 400 g/mol. The zero-order valence-electron chi connectivity index (χ0n) is 14.4. The second-order valence-corrected chi connectivity index (χ2v) is 7.94. The molecule has 1 aromatic heterocycles. The highest BCUT2D eigenvalue weighted by Crippen LogP contribution is 2.32. The van der Waals surface area contributed by atoms with Gasteiger partial charge in [-0.1, -0.05) is 41.9 Å². The number of halogens is 1. The van der Waals surface area contributed by atoms with Crippen molar-refractivity contribution in [2.24, 2.45) is 0 Å². The molecule has 1 aliphatic rings. The van der Waals surface area contributed by atoms with Crippen LogP contribution in [0.4, 0.5) is 0 Å². The minimum absolute atomic E-state index is 0.195. The van der Waals surface area contributed by atoms with Crippen molar-refractivity contribution in [3.63, 3.8) is 0 Å². The normalized spacial score (nSPS) is 17.9. The molecule has 2 amide bonds. The van der Waals surface area contributed by atoms with E-state index < -0.39 is 5.25 Å². The molecule has 1 atom stereocenters. The lowest BCUT2D eigenvalue weighted by Crippen LogP contribution is -2.41. The van der Waals surface area contributed by atoms with Gasteiger partial charge in [0.25, 0.3) is 11.1 Å². The van der Waals surface area contributed by atoms with Crippen molar-refractivity contribution in [2.45, 2.75) is 29.7 Å². The number of nitrogens with zero attached hydrogens (tertiary/aromatic N) is 2. The molecule has 1 saturated heterocycles. The first-order chi connectivity index (χ1) is 13.1. The van der Waals surface area contributed by atoms with Crippen LogP contribution >= 0.6 is 23.4 Å². The van der Waals surface area contributed by atoms with E-state index >= 15 is 0 Å². The second-order valence-electron chi connectivity index (χ2n) is 6.35. The summed E-state index contributed by atoms with van der Waals surface area (Å²) in [5.74, 6) is -0.485. The molecule has 5 nitrogen and oxygen atoms in total. The van der Waals surface area contributed by atoms with E-state index in [0.29, 0.717) is 34.4 Å². The molecule has 0 radical (unpaired) electrons. The molecule has 1 fully saturated rings. The maximum absolute atomic E-state index is 13.0. The summed E-state index contributed by atoms with van der Waals surface area (Å²) in [6.07, 6.45) is 2.34. The minimum Gasteiger partial charge on any atom is -0.431 e. The second kappa shape index (κ2) is 7.74. The van der Waals surface area contributed by atoms with Crippen LogP contribution in [0, 0.1) is 0 Å². The lowest BCUT2D eigenvalue weighted by molar-refractivity contribution is -0.127.